The minimum Gasteiger partial charge on any atom is -0.192 e. The van der Waals surface area contributed by atoms with E-state index in [0.717, 1.165) is 34.7 Å². The van der Waals surface area contributed by atoms with Gasteiger partial charge in [0.25, 0.3) is 0 Å². The summed E-state index contributed by atoms with van der Waals surface area (Å²) in [6, 6.07) is 13.9. The Morgan fingerprint density at radius 3 is 2.53 bits per heavy atom. The Labute approximate surface area is 113 Å². The summed E-state index contributed by atoms with van der Waals surface area (Å²) in [7, 11) is 0. The first-order chi connectivity index (χ1) is 9.30. The van der Waals surface area contributed by atoms with Gasteiger partial charge in [0, 0.05) is 0 Å². The van der Waals surface area contributed by atoms with Crippen molar-refractivity contribution in [1.82, 2.24) is 0 Å². The van der Waals surface area contributed by atoms with Crippen molar-refractivity contribution >= 4 is 10.8 Å². The van der Waals surface area contributed by atoms with E-state index in [4.69, 9.17) is 5.26 Å². The van der Waals surface area contributed by atoms with E-state index < -0.39 is 0 Å². The van der Waals surface area contributed by atoms with E-state index in [9.17, 15) is 5.26 Å². The lowest BCUT2D eigenvalue weighted by atomic mass is 9.94. The monoisotopic (exact) mass is 248 g/mol. The van der Waals surface area contributed by atoms with E-state index in [1.54, 1.807) is 0 Å². The van der Waals surface area contributed by atoms with Crippen LogP contribution in [0.15, 0.2) is 30.3 Å². The van der Waals surface area contributed by atoms with Crippen molar-refractivity contribution in [3.8, 4) is 12.1 Å². The minimum absolute atomic E-state index is 0.664. The number of hydrogen-bond acceptors (Lipinski definition) is 2. The molecule has 94 valence electrons. The second-order valence-corrected chi connectivity index (χ2v) is 4.71. The van der Waals surface area contributed by atoms with Crippen LogP contribution in [0.3, 0.4) is 0 Å². The smallest absolute Gasteiger partial charge is 0.0994 e. The molecule has 0 fully saturated rings. The number of nitriles is 2. The van der Waals surface area contributed by atoms with E-state index in [1.165, 1.54) is 12.8 Å². The van der Waals surface area contributed by atoms with Crippen LogP contribution < -0.4 is 0 Å². The zero-order chi connectivity index (χ0) is 13.7. The number of hydrogen-bond donors (Lipinski definition) is 0. The van der Waals surface area contributed by atoms with Gasteiger partial charge < -0.3 is 0 Å². The van der Waals surface area contributed by atoms with Gasteiger partial charge in [0.05, 0.1) is 23.3 Å². The largest absolute Gasteiger partial charge is 0.192 e. The number of benzene rings is 2. The van der Waals surface area contributed by atoms with E-state index in [2.05, 4.69) is 19.1 Å². The van der Waals surface area contributed by atoms with Gasteiger partial charge in [-0.2, -0.15) is 10.5 Å². The number of unbranched alkanes of at least 4 members (excludes halogenated alkanes) is 2. The molecule has 0 aliphatic rings. The second kappa shape index (κ2) is 6.03. The lowest BCUT2D eigenvalue weighted by molar-refractivity contribution is 0.719. The number of aryl methyl sites for hydroxylation is 1. The third kappa shape index (κ3) is 2.75. The van der Waals surface area contributed by atoms with Gasteiger partial charge in [-0.05, 0) is 47.4 Å². The summed E-state index contributed by atoms with van der Waals surface area (Å²) >= 11 is 0. The molecule has 19 heavy (non-hydrogen) atoms. The van der Waals surface area contributed by atoms with Crippen molar-refractivity contribution in [2.75, 3.05) is 0 Å². The number of fused-ring (bicyclic) bond motifs is 1. The Balaban J connectivity index is 2.51. The Kier molecular flexibility index (Phi) is 4.16. The maximum Gasteiger partial charge on any atom is 0.0994 e. The molecule has 2 aromatic rings. The highest BCUT2D eigenvalue weighted by Crippen LogP contribution is 2.25. The van der Waals surface area contributed by atoms with Crippen LogP contribution in [-0.2, 0) is 6.42 Å². The molecule has 0 unspecified atom stereocenters. The normalized spacial score (nSPS) is 10.1. The van der Waals surface area contributed by atoms with Crippen LogP contribution in [-0.4, -0.2) is 0 Å². The van der Waals surface area contributed by atoms with Crippen LogP contribution >= 0.6 is 0 Å². The summed E-state index contributed by atoms with van der Waals surface area (Å²) in [5, 5.41) is 20.3. The Hall–Kier alpha value is -2.32. The molecule has 0 bridgehead atoms. The van der Waals surface area contributed by atoms with E-state index >= 15 is 0 Å². The molecule has 0 atom stereocenters. The van der Waals surface area contributed by atoms with Crippen LogP contribution in [0, 0.1) is 22.7 Å². The molecule has 0 radical (unpaired) electrons. The molecule has 0 N–H and O–H groups in total. The van der Waals surface area contributed by atoms with Gasteiger partial charge in [-0.1, -0.05) is 31.9 Å². The molecule has 2 aromatic carbocycles. The summed E-state index contributed by atoms with van der Waals surface area (Å²) in [6.45, 7) is 2.17. The molecule has 0 aromatic heterocycles. The third-order valence-corrected chi connectivity index (χ3v) is 3.41. The van der Waals surface area contributed by atoms with Crippen molar-refractivity contribution in [2.24, 2.45) is 0 Å². The molecular formula is C17H16N2. The van der Waals surface area contributed by atoms with Crippen molar-refractivity contribution in [1.29, 1.82) is 10.5 Å². The highest BCUT2D eigenvalue weighted by Gasteiger charge is 2.07. The van der Waals surface area contributed by atoms with Gasteiger partial charge in [-0.15, -0.1) is 0 Å². The summed E-state index contributed by atoms with van der Waals surface area (Å²) in [6.07, 6.45) is 4.38. The maximum atomic E-state index is 9.23. The number of nitrogens with zero attached hydrogens (tertiary/aromatic N) is 2. The van der Waals surface area contributed by atoms with Gasteiger partial charge in [0.2, 0.25) is 0 Å². The minimum atomic E-state index is 0.664. The van der Waals surface area contributed by atoms with Crippen LogP contribution in [0.4, 0.5) is 0 Å². The highest BCUT2D eigenvalue weighted by atomic mass is 14.3. The van der Waals surface area contributed by atoms with E-state index in [-0.39, 0.29) is 0 Å². The average Bonchev–Trinajstić information content (AvgIpc) is 2.46. The maximum absolute atomic E-state index is 9.23. The first-order valence-corrected chi connectivity index (χ1v) is 6.66. The van der Waals surface area contributed by atoms with Gasteiger partial charge >= 0.3 is 0 Å². The fourth-order valence-electron chi connectivity index (χ4n) is 2.39. The van der Waals surface area contributed by atoms with Crippen molar-refractivity contribution < 1.29 is 0 Å². The van der Waals surface area contributed by atoms with Crippen LogP contribution in [0.5, 0.6) is 0 Å². The van der Waals surface area contributed by atoms with Gasteiger partial charge in [0.1, 0.15) is 0 Å². The van der Waals surface area contributed by atoms with Crippen LogP contribution in [0.1, 0.15) is 42.9 Å². The topological polar surface area (TPSA) is 47.6 Å². The quantitative estimate of drug-likeness (QED) is 0.757. The molecule has 2 nitrogen and oxygen atoms in total. The van der Waals surface area contributed by atoms with Crippen molar-refractivity contribution in [3.05, 3.63) is 47.0 Å². The lowest BCUT2D eigenvalue weighted by Crippen LogP contribution is -1.93. The number of rotatable bonds is 4. The lowest BCUT2D eigenvalue weighted by Gasteiger charge is -2.09. The van der Waals surface area contributed by atoms with Gasteiger partial charge in [-0.3, -0.25) is 0 Å². The molecule has 2 rings (SSSR count). The second-order valence-electron chi connectivity index (χ2n) is 4.71. The Morgan fingerprint density at radius 2 is 1.84 bits per heavy atom. The standard InChI is InChI=1S/C17H16N2/c1-2-3-4-5-16-15(12-19)8-7-14-10-13(11-18)6-9-17(14)16/h6-10H,2-5H2,1H3. The molecule has 0 heterocycles. The average molecular weight is 248 g/mol. The zero-order valence-electron chi connectivity index (χ0n) is 11.1. The molecule has 0 spiro atoms. The summed E-state index contributed by atoms with van der Waals surface area (Å²) in [5.74, 6) is 0. The molecule has 0 aliphatic heterocycles. The molecule has 0 amide bonds. The predicted molar refractivity (Wildman–Crippen MR) is 76.6 cm³/mol. The molecule has 2 heteroatoms. The molecule has 0 saturated carbocycles. The third-order valence-electron chi connectivity index (χ3n) is 3.41. The summed E-state index contributed by atoms with van der Waals surface area (Å²) in [5.41, 5.74) is 2.54. The molecule has 0 saturated heterocycles. The van der Waals surface area contributed by atoms with Crippen LogP contribution in [0.25, 0.3) is 10.8 Å². The highest BCUT2D eigenvalue weighted by molar-refractivity contribution is 5.88. The SMILES string of the molecule is CCCCCc1c(C#N)ccc2cc(C#N)ccc12. The first kappa shape index (κ1) is 13.1. The summed E-state index contributed by atoms with van der Waals surface area (Å²) < 4.78 is 0. The Morgan fingerprint density at radius 1 is 1.00 bits per heavy atom. The first-order valence-electron chi connectivity index (χ1n) is 6.66. The van der Waals surface area contributed by atoms with Gasteiger partial charge in [-0.25, -0.2) is 0 Å². The van der Waals surface area contributed by atoms with Gasteiger partial charge in [0.15, 0.2) is 0 Å². The van der Waals surface area contributed by atoms with Crippen molar-refractivity contribution in [3.63, 3.8) is 0 Å². The van der Waals surface area contributed by atoms with E-state index in [0.29, 0.717) is 5.56 Å². The van der Waals surface area contributed by atoms with Crippen LogP contribution in [0.2, 0.25) is 0 Å². The zero-order valence-corrected chi connectivity index (χ0v) is 11.1. The van der Waals surface area contributed by atoms with E-state index in [1.807, 2.05) is 30.3 Å². The molecular weight excluding hydrogens is 232 g/mol. The predicted octanol–water partition coefficient (Wildman–Crippen LogP) is 4.32. The fourth-order valence-corrected chi connectivity index (χ4v) is 2.39. The molecule has 0 aliphatic carbocycles. The summed E-state index contributed by atoms with van der Waals surface area (Å²) in [4.78, 5) is 0. The fraction of sp³-hybridized carbons (Fsp3) is 0.294. The Bertz CT molecular complexity index is 672. The van der Waals surface area contributed by atoms with Crippen molar-refractivity contribution in [2.45, 2.75) is 32.6 Å².